The Hall–Kier alpha value is -1.57. The molecule has 0 amide bonds. The van der Waals surface area contributed by atoms with Crippen molar-refractivity contribution in [2.45, 2.75) is 12.1 Å². The maximum Gasteiger partial charge on any atom is 0.360 e. The van der Waals surface area contributed by atoms with Crippen molar-refractivity contribution >= 4 is 21.0 Å². The Kier molecular flexibility index (Phi) is 5.57. The number of benzene rings is 1. The van der Waals surface area contributed by atoms with Gasteiger partial charge in [-0.15, -0.1) is 0 Å². The Bertz CT molecular complexity index is 795. The maximum atomic E-state index is 11.3. The third-order valence-corrected chi connectivity index (χ3v) is 6.45. The Morgan fingerprint density at radius 2 is 1.62 bits per heavy atom. The maximum absolute atomic E-state index is 11.3. The van der Waals surface area contributed by atoms with Crippen LogP contribution in [0.3, 0.4) is 0 Å². The van der Waals surface area contributed by atoms with Crippen LogP contribution in [-0.2, 0) is 15.7 Å². The van der Waals surface area contributed by atoms with Crippen LogP contribution in [0.1, 0.15) is 5.56 Å². The van der Waals surface area contributed by atoms with Gasteiger partial charge in [-0.2, -0.15) is 0 Å². The first kappa shape index (κ1) is 18.8. The average Bonchev–Trinajstić information content (AvgIpc) is 2.51. The molecule has 24 heavy (non-hydrogen) atoms. The second-order valence-electron chi connectivity index (χ2n) is 4.98. The zero-order chi connectivity index (χ0) is 18.0. The van der Waals surface area contributed by atoms with Gasteiger partial charge in [0.25, 0.3) is 0 Å². The van der Waals surface area contributed by atoms with Crippen LogP contribution in [0.5, 0.6) is 0 Å². The standard InChI is InChI=1S/C13H16N2O7P2/c16-8-9-2-1-3-10(6-9)11-4-5-14-12(7-11)15-13(23(17,18)19)24(20,21)22/h1-7,13,16H,8H2,(H,14,15)(H2,17,18,19)(H2,20,21,22). The van der Waals surface area contributed by atoms with Gasteiger partial charge in [-0.25, -0.2) is 4.98 Å². The molecule has 0 atom stereocenters. The molecule has 0 fully saturated rings. The highest BCUT2D eigenvalue weighted by Gasteiger charge is 2.43. The molecule has 1 aromatic heterocycles. The summed E-state index contributed by atoms with van der Waals surface area (Å²) in [5.74, 6) is -0.0986. The molecule has 6 N–H and O–H groups in total. The number of hydrogen-bond acceptors (Lipinski definition) is 5. The third-order valence-electron chi connectivity index (χ3n) is 3.12. The van der Waals surface area contributed by atoms with Crippen LogP contribution < -0.4 is 5.32 Å². The van der Waals surface area contributed by atoms with E-state index in [-0.39, 0.29) is 12.4 Å². The van der Waals surface area contributed by atoms with E-state index in [4.69, 9.17) is 24.7 Å². The molecule has 11 heteroatoms. The molecule has 0 saturated carbocycles. The summed E-state index contributed by atoms with van der Waals surface area (Å²) in [7, 11) is -10.2. The second kappa shape index (κ2) is 7.13. The van der Waals surface area contributed by atoms with Gasteiger partial charge in [-0.1, -0.05) is 18.2 Å². The fourth-order valence-corrected chi connectivity index (χ4v) is 4.20. The van der Waals surface area contributed by atoms with Gasteiger partial charge in [0.15, 0.2) is 0 Å². The molecule has 0 aliphatic heterocycles. The second-order valence-corrected chi connectivity index (χ2v) is 8.78. The topological polar surface area (TPSA) is 160 Å². The predicted octanol–water partition coefficient (Wildman–Crippen LogP) is 1.29. The summed E-state index contributed by atoms with van der Waals surface area (Å²) < 4.78 is 22.6. The van der Waals surface area contributed by atoms with Gasteiger partial charge in [0.2, 0.25) is 5.52 Å². The van der Waals surface area contributed by atoms with E-state index in [2.05, 4.69) is 10.3 Å². The summed E-state index contributed by atoms with van der Waals surface area (Å²) in [6, 6.07) is 9.93. The van der Waals surface area contributed by atoms with E-state index in [0.717, 1.165) is 0 Å². The van der Waals surface area contributed by atoms with Crippen molar-refractivity contribution in [1.29, 1.82) is 0 Å². The van der Waals surface area contributed by atoms with E-state index in [9.17, 15) is 9.13 Å². The lowest BCUT2D eigenvalue weighted by atomic mass is 10.0. The molecule has 9 nitrogen and oxygen atoms in total. The normalized spacial score (nSPS) is 12.4. The zero-order valence-corrected chi connectivity index (χ0v) is 14.0. The van der Waals surface area contributed by atoms with Gasteiger partial charge in [0.05, 0.1) is 6.61 Å². The Labute approximate surface area is 137 Å². The van der Waals surface area contributed by atoms with Crippen LogP contribution in [0.15, 0.2) is 42.6 Å². The first-order valence-corrected chi connectivity index (χ1v) is 10.0. The van der Waals surface area contributed by atoms with Crippen molar-refractivity contribution in [3.05, 3.63) is 48.2 Å². The molecule has 0 radical (unpaired) electrons. The van der Waals surface area contributed by atoms with E-state index in [1.807, 2.05) is 0 Å². The minimum Gasteiger partial charge on any atom is -0.392 e. The lowest BCUT2D eigenvalue weighted by molar-refractivity contribution is 0.282. The van der Waals surface area contributed by atoms with Crippen LogP contribution in [0, 0.1) is 0 Å². The van der Waals surface area contributed by atoms with Gasteiger partial charge in [-0.05, 0) is 34.9 Å². The van der Waals surface area contributed by atoms with Gasteiger partial charge in [0.1, 0.15) is 5.82 Å². The molecule has 2 rings (SSSR count). The van der Waals surface area contributed by atoms with Crippen molar-refractivity contribution in [2.75, 3.05) is 5.32 Å². The number of aromatic nitrogens is 1. The molecule has 2 aromatic rings. The minimum absolute atomic E-state index is 0.0986. The van der Waals surface area contributed by atoms with E-state index >= 15 is 0 Å². The lowest BCUT2D eigenvalue weighted by Gasteiger charge is -2.21. The summed E-state index contributed by atoms with van der Waals surface area (Å²) in [4.78, 5) is 40.3. The molecule has 130 valence electrons. The fraction of sp³-hybridized carbons (Fsp3) is 0.154. The van der Waals surface area contributed by atoms with Gasteiger partial charge in [-0.3, -0.25) is 9.13 Å². The van der Waals surface area contributed by atoms with E-state index in [1.165, 1.54) is 12.3 Å². The highest BCUT2D eigenvalue weighted by atomic mass is 31.2. The molecule has 0 aliphatic rings. The zero-order valence-electron chi connectivity index (χ0n) is 12.2. The summed E-state index contributed by atoms with van der Waals surface area (Å²) in [5.41, 5.74) is -0.410. The van der Waals surface area contributed by atoms with Crippen LogP contribution in [-0.4, -0.2) is 35.2 Å². The number of hydrogen-bond donors (Lipinski definition) is 6. The van der Waals surface area contributed by atoms with Crippen molar-refractivity contribution in [3.63, 3.8) is 0 Å². The lowest BCUT2D eigenvalue weighted by Crippen LogP contribution is -2.20. The van der Waals surface area contributed by atoms with Crippen molar-refractivity contribution in [1.82, 2.24) is 4.98 Å². The number of aliphatic hydroxyl groups is 1. The van der Waals surface area contributed by atoms with Crippen LogP contribution in [0.25, 0.3) is 11.1 Å². The molecule has 0 aliphatic carbocycles. The van der Waals surface area contributed by atoms with Crippen LogP contribution in [0.4, 0.5) is 5.82 Å². The largest absolute Gasteiger partial charge is 0.392 e. The quantitative estimate of drug-likeness (QED) is 0.409. The molecule has 0 bridgehead atoms. The third kappa shape index (κ3) is 4.72. The summed E-state index contributed by atoms with van der Waals surface area (Å²) in [5, 5.41) is 11.3. The summed E-state index contributed by atoms with van der Waals surface area (Å²) in [6.07, 6.45) is 1.33. The summed E-state index contributed by atoms with van der Waals surface area (Å²) >= 11 is 0. The number of anilines is 1. The first-order chi connectivity index (χ1) is 11.1. The molecular formula is C13H16N2O7P2. The van der Waals surface area contributed by atoms with Crippen LogP contribution in [0.2, 0.25) is 0 Å². The first-order valence-electron chi connectivity index (χ1n) is 6.64. The highest BCUT2D eigenvalue weighted by molar-refractivity contribution is 7.71. The monoisotopic (exact) mass is 374 g/mol. The number of nitrogens with one attached hydrogen (secondary N) is 1. The SMILES string of the molecule is O=P(O)(O)C(Nc1cc(-c2cccc(CO)c2)ccn1)P(=O)(O)O. The van der Waals surface area contributed by atoms with Crippen LogP contribution >= 0.6 is 15.2 Å². The molecule has 1 aromatic carbocycles. The smallest absolute Gasteiger partial charge is 0.360 e. The number of nitrogens with zero attached hydrogens (tertiary/aromatic N) is 1. The Morgan fingerprint density at radius 3 is 2.21 bits per heavy atom. The average molecular weight is 374 g/mol. The van der Waals surface area contributed by atoms with Crippen molar-refractivity contribution < 1.29 is 33.8 Å². The molecule has 0 spiro atoms. The molecule has 1 heterocycles. The molecule has 0 saturated heterocycles. The van der Waals surface area contributed by atoms with Gasteiger partial charge in [0, 0.05) is 6.20 Å². The minimum atomic E-state index is -5.11. The van der Waals surface area contributed by atoms with E-state index in [0.29, 0.717) is 16.7 Å². The van der Waals surface area contributed by atoms with Gasteiger partial charge >= 0.3 is 15.2 Å². The number of aliphatic hydroxyl groups excluding tert-OH is 1. The number of pyridine rings is 1. The van der Waals surface area contributed by atoms with Crippen molar-refractivity contribution in [3.8, 4) is 11.1 Å². The Balaban J connectivity index is 2.36. The molecular weight excluding hydrogens is 358 g/mol. The van der Waals surface area contributed by atoms with E-state index < -0.39 is 20.7 Å². The fourth-order valence-electron chi connectivity index (χ4n) is 2.03. The van der Waals surface area contributed by atoms with Gasteiger partial charge < -0.3 is 30.0 Å². The van der Waals surface area contributed by atoms with E-state index in [1.54, 1.807) is 30.3 Å². The Morgan fingerprint density at radius 1 is 1.00 bits per heavy atom. The predicted molar refractivity (Wildman–Crippen MR) is 87.1 cm³/mol. The highest BCUT2D eigenvalue weighted by Crippen LogP contribution is 2.59. The van der Waals surface area contributed by atoms with Crippen molar-refractivity contribution in [2.24, 2.45) is 0 Å². The number of rotatable bonds is 6. The summed E-state index contributed by atoms with van der Waals surface area (Å²) in [6.45, 7) is -0.150. The molecule has 0 unspecified atom stereocenters.